The highest BCUT2D eigenvalue weighted by Gasteiger charge is 2.09. The predicted octanol–water partition coefficient (Wildman–Crippen LogP) is 4.06. The zero-order valence-corrected chi connectivity index (χ0v) is 11.7. The average Bonchev–Trinajstić information content (AvgIpc) is 2.65. The Labute approximate surface area is 108 Å². The molecule has 0 spiro atoms. The lowest BCUT2D eigenvalue weighted by Gasteiger charge is -2.09. The number of rotatable bonds is 3. The minimum atomic E-state index is 0.953. The van der Waals surface area contributed by atoms with Crippen molar-refractivity contribution in [1.82, 2.24) is 5.32 Å². The maximum absolute atomic E-state index is 3.20. The second-order valence-corrected chi connectivity index (χ2v) is 5.74. The molecule has 1 nitrogen and oxygen atoms in total. The van der Waals surface area contributed by atoms with Gasteiger partial charge in [-0.15, -0.1) is 11.3 Å². The fourth-order valence-electron chi connectivity index (χ4n) is 2.35. The standard InChI is InChI=1S/C15H19NS/c1-10-7-11(2)15(12(3)8-10)14-6-5-13(17-14)9-16-4/h5-8,16H,9H2,1-4H3. The summed E-state index contributed by atoms with van der Waals surface area (Å²) in [6.07, 6.45) is 0. The van der Waals surface area contributed by atoms with Crippen LogP contribution in [0.5, 0.6) is 0 Å². The second-order valence-electron chi connectivity index (χ2n) is 4.57. The molecule has 1 aromatic heterocycles. The van der Waals surface area contributed by atoms with Gasteiger partial charge in [0.1, 0.15) is 0 Å². The van der Waals surface area contributed by atoms with Crippen LogP contribution in [0.3, 0.4) is 0 Å². The Bertz CT molecular complexity index is 502. The van der Waals surface area contributed by atoms with Gasteiger partial charge in [-0.25, -0.2) is 0 Å². The molecule has 1 N–H and O–H groups in total. The first-order chi connectivity index (χ1) is 8.11. The molecule has 0 aliphatic rings. The van der Waals surface area contributed by atoms with Gasteiger partial charge in [0.15, 0.2) is 0 Å². The molecule has 2 rings (SSSR count). The Morgan fingerprint density at radius 2 is 1.71 bits per heavy atom. The Hall–Kier alpha value is -1.12. The van der Waals surface area contributed by atoms with E-state index in [9.17, 15) is 0 Å². The number of hydrogen-bond donors (Lipinski definition) is 1. The summed E-state index contributed by atoms with van der Waals surface area (Å²) in [5, 5.41) is 3.20. The molecule has 0 fully saturated rings. The van der Waals surface area contributed by atoms with Gasteiger partial charge in [0, 0.05) is 16.3 Å². The van der Waals surface area contributed by atoms with Gasteiger partial charge in [0.25, 0.3) is 0 Å². The first-order valence-electron chi connectivity index (χ1n) is 5.93. The van der Waals surface area contributed by atoms with Gasteiger partial charge in [-0.2, -0.15) is 0 Å². The quantitative estimate of drug-likeness (QED) is 0.860. The van der Waals surface area contributed by atoms with Gasteiger partial charge in [0.2, 0.25) is 0 Å². The molecule has 2 heteroatoms. The summed E-state index contributed by atoms with van der Waals surface area (Å²) in [6, 6.07) is 8.98. The SMILES string of the molecule is CNCc1ccc(-c2c(C)cc(C)cc2C)s1. The van der Waals surface area contributed by atoms with E-state index in [1.165, 1.54) is 32.0 Å². The zero-order valence-electron chi connectivity index (χ0n) is 10.9. The van der Waals surface area contributed by atoms with Crippen molar-refractivity contribution in [2.75, 3.05) is 7.05 Å². The van der Waals surface area contributed by atoms with Crippen molar-refractivity contribution in [3.05, 3.63) is 45.8 Å². The van der Waals surface area contributed by atoms with E-state index in [0.29, 0.717) is 0 Å². The smallest absolute Gasteiger partial charge is 0.0351 e. The van der Waals surface area contributed by atoms with E-state index in [4.69, 9.17) is 0 Å². The molecule has 0 unspecified atom stereocenters. The van der Waals surface area contributed by atoms with Gasteiger partial charge in [0.05, 0.1) is 0 Å². The lowest BCUT2D eigenvalue weighted by atomic mass is 9.99. The third kappa shape index (κ3) is 2.59. The van der Waals surface area contributed by atoms with E-state index in [0.717, 1.165) is 6.54 Å². The molecule has 0 radical (unpaired) electrons. The van der Waals surface area contributed by atoms with Gasteiger partial charge in [-0.3, -0.25) is 0 Å². The molecule has 0 aliphatic heterocycles. The molecule has 0 saturated carbocycles. The van der Waals surface area contributed by atoms with Crippen LogP contribution < -0.4 is 5.32 Å². The highest BCUT2D eigenvalue weighted by molar-refractivity contribution is 7.15. The molecule has 0 atom stereocenters. The highest BCUT2D eigenvalue weighted by atomic mass is 32.1. The largest absolute Gasteiger partial charge is 0.315 e. The van der Waals surface area contributed by atoms with Gasteiger partial charge in [-0.1, -0.05) is 17.7 Å². The van der Waals surface area contributed by atoms with Gasteiger partial charge >= 0.3 is 0 Å². The monoisotopic (exact) mass is 245 g/mol. The normalized spacial score (nSPS) is 10.8. The van der Waals surface area contributed by atoms with Gasteiger partial charge < -0.3 is 5.32 Å². The van der Waals surface area contributed by atoms with Crippen molar-refractivity contribution in [3.8, 4) is 10.4 Å². The lowest BCUT2D eigenvalue weighted by molar-refractivity contribution is 0.831. The van der Waals surface area contributed by atoms with E-state index in [-0.39, 0.29) is 0 Å². The van der Waals surface area contributed by atoms with Crippen LogP contribution in [-0.4, -0.2) is 7.05 Å². The van der Waals surface area contributed by atoms with Crippen molar-refractivity contribution < 1.29 is 0 Å². The predicted molar refractivity (Wildman–Crippen MR) is 76.7 cm³/mol. The summed E-state index contributed by atoms with van der Waals surface area (Å²) in [5.41, 5.74) is 5.50. The van der Waals surface area contributed by atoms with Crippen LogP contribution in [-0.2, 0) is 6.54 Å². The topological polar surface area (TPSA) is 12.0 Å². The third-order valence-corrected chi connectivity index (χ3v) is 4.04. The summed E-state index contributed by atoms with van der Waals surface area (Å²) >= 11 is 1.88. The number of benzene rings is 1. The summed E-state index contributed by atoms with van der Waals surface area (Å²) < 4.78 is 0. The first kappa shape index (κ1) is 12.3. The van der Waals surface area contributed by atoms with Crippen molar-refractivity contribution in [2.24, 2.45) is 0 Å². The maximum atomic E-state index is 3.20. The first-order valence-corrected chi connectivity index (χ1v) is 6.75. The molecule has 1 heterocycles. The third-order valence-electron chi connectivity index (χ3n) is 2.94. The van der Waals surface area contributed by atoms with E-state index in [1.807, 2.05) is 18.4 Å². The summed E-state index contributed by atoms with van der Waals surface area (Å²) in [7, 11) is 1.99. The van der Waals surface area contributed by atoms with Crippen molar-refractivity contribution in [3.63, 3.8) is 0 Å². The molecule has 0 bridgehead atoms. The Morgan fingerprint density at radius 1 is 1.06 bits per heavy atom. The molecule has 0 aliphatic carbocycles. The highest BCUT2D eigenvalue weighted by Crippen LogP contribution is 2.33. The molecule has 2 aromatic rings. The lowest BCUT2D eigenvalue weighted by Crippen LogP contribution is -2.02. The molecule has 17 heavy (non-hydrogen) atoms. The van der Waals surface area contributed by atoms with Crippen LogP contribution in [0.2, 0.25) is 0 Å². The number of hydrogen-bond acceptors (Lipinski definition) is 2. The molecular weight excluding hydrogens is 226 g/mol. The van der Waals surface area contributed by atoms with Crippen molar-refractivity contribution in [2.45, 2.75) is 27.3 Å². The molecule has 0 saturated heterocycles. The van der Waals surface area contributed by atoms with E-state index in [1.54, 1.807) is 0 Å². The minimum absolute atomic E-state index is 0.953. The van der Waals surface area contributed by atoms with Crippen LogP contribution in [0.15, 0.2) is 24.3 Å². The van der Waals surface area contributed by atoms with E-state index in [2.05, 4.69) is 50.4 Å². The second kappa shape index (κ2) is 5.03. The minimum Gasteiger partial charge on any atom is -0.315 e. The van der Waals surface area contributed by atoms with E-state index >= 15 is 0 Å². The fourth-order valence-corrected chi connectivity index (χ4v) is 3.55. The molecule has 90 valence electrons. The average molecular weight is 245 g/mol. The number of aryl methyl sites for hydroxylation is 3. The number of nitrogens with one attached hydrogen (secondary N) is 1. The van der Waals surface area contributed by atoms with Crippen LogP contribution in [0.4, 0.5) is 0 Å². The molecule has 1 aromatic carbocycles. The zero-order chi connectivity index (χ0) is 12.4. The van der Waals surface area contributed by atoms with Gasteiger partial charge in [-0.05, 0) is 56.6 Å². The molecular formula is C15H19NS. The Balaban J connectivity index is 2.45. The van der Waals surface area contributed by atoms with Crippen LogP contribution in [0, 0.1) is 20.8 Å². The van der Waals surface area contributed by atoms with Crippen molar-refractivity contribution in [1.29, 1.82) is 0 Å². The summed E-state index contributed by atoms with van der Waals surface area (Å²) in [4.78, 5) is 2.77. The summed E-state index contributed by atoms with van der Waals surface area (Å²) in [5.74, 6) is 0. The van der Waals surface area contributed by atoms with Crippen LogP contribution in [0.25, 0.3) is 10.4 Å². The Morgan fingerprint density at radius 3 is 2.29 bits per heavy atom. The van der Waals surface area contributed by atoms with Crippen LogP contribution in [0.1, 0.15) is 21.6 Å². The van der Waals surface area contributed by atoms with Crippen molar-refractivity contribution >= 4 is 11.3 Å². The number of thiophene rings is 1. The van der Waals surface area contributed by atoms with Crippen LogP contribution >= 0.6 is 11.3 Å². The van der Waals surface area contributed by atoms with E-state index < -0.39 is 0 Å². The molecule has 0 amide bonds. The maximum Gasteiger partial charge on any atom is 0.0351 e. The Kier molecular flexibility index (Phi) is 3.65. The fraction of sp³-hybridized carbons (Fsp3) is 0.333. The summed E-state index contributed by atoms with van der Waals surface area (Å²) in [6.45, 7) is 7.51.